The van der Waals surface area contributed by atoms with E-state index in [0.717, 1.165) is 25.1 Å². The largest absolute Gasteiger partial charge is 0.355 e. The first-order valence-corrected chi connectivity index (χ1v) is 5.74. The Balaban J connectivity index is 2.03. The molecular formula is C13H19N3. The molecule has 1 aromatic carbocycles. The molecule has 1 aliphatic rings. The molecule has 3 heteroatoms. The quantitative estimate of drug-likeness (QED) is 0.603. The average Bonchev–Trinajstić information content (AvgIpc) is 2.78. The summed E-state index contributed by atoms with van der Waals surface area (Å²) in [5, 5.41) is 8.17. The van der Waals surface area contributed by atoms with Crippen molar-refractivity contribution in [3.05, 3.63) is 35.9 Å². The van der Waals surface area contributed by atoms with Crippen molar-refractivity contribution in [2.45, 2.75) is 12.5 Å². The van der Waals surface area contributed by atoms with E-state index in [9.17, 15) is 0 Å². The second-order valence-electron chi connectivity index (χ2n) is 4.57. The first kappa shape index (κ1) is 11.1. The van der Waals surface area contributed by atoms with Crippen molar-refractivity contribution in [3.63, 3.8) is 0 Å². The number of hydrogen-bond donors (Lipinski definition) is 1. The maximum Gasteiger partial charge on any atom is 0.128 e. The standard InChI is InChI=1S/C13H19N3/c1-15(2)12-8-9-16(10-12)13(14)11-6-4-3-5-7-11/h3-7,12,14H,8-10H2,1-2H3. The SMILES string of the molecule is CN(C)C1CCN(C(=N)c2ccccc2)C1. The van der Waals surface area contributed by atoms with Gasteiger partial charge >= 0.3 is 0 Å². The molecule has 0 radical (unpaired) electrons. The Morgan fingerprint density at radius 1 is 1.31 bits per heavy atom. The zero-order valence-electron chi connectivity index (χ0n) is 9.98. The van der Waals surface area contributed by atoms with Gasteiger partial charge in [0.05, 0.1) is 0 Å². The lowest BCUT2D eigenvalue weighted by atomic mass is 10.2. The van der Waals surface area contributed by atoms with Gasteiger partial charge in [0.1, 0.15) is 5.84 Å². The molecule has 0 aromatic heterocycles. The molecule has 1 aliphatic heterocycles. The maximum atomic E-state index is 8.17. The van der Waals surface area contributed by atoms with Crippen molar-refractivity contribution in [1.29, 1.82) is 5.41 Å². The predicted molar refractivity (Wildman–Crippen MR) is 66.9 cm³/mol. The number of rotatable bonds is 2. The maximum absolute atomic E-state index is 8.17. The molecule has 1 heterocycles. The van der Waals surface area contributed by atoms with Crippen LogP contribution in [0, 0.1) is 5.41 Å². The van der Waals surface area contributed by atoms with Crippen LogP contribution in [0.4, 0.5) is 0 Å². The number of likely N-dealkylation sites (N-methyl/N-ethyl adjacent to an activating group) is 1. The van der Waals surface area contributed by atoms with Crippen molar-refractivity contribution >= 4 is 5.84 Å². The summed E-state index contributed by atoms with van der Waals surface area (Å²) in [5.41, 5.74) is 1.02. The summed E-state index contributed by atoms with van der Waals surface area (Å²) < 4.78 is 0. The van der Waals surface area contributed by atoms with E-state index in [-0.39, 0.29) is 0 Å². The highest BCUT2D eigenvalue weighted by atomic mass is 15.2. The molecule has 1 aromatic rings. The van der Waals surface area contributed by atoms with Gasteiger partial charge in [-0.05, 0) is 20.5 Å². The third-order valence-corrected chi connectivity index (χ3v) is 3.26. The average molecular weight is 217 g/mol. The van der Waals surface area contributed by atoms with Gasteiger partial charge in [-0.15, -0.1) is 0 Å². The van der Waals surface area contributed by atoms with E-state index < -0.39 is 0 Å². The molecule has 86 valence electrons. The van der Waals surface area contributed by atoms with Crippen LogP contribution in [-0.2, 0) is 0 Å². The molecule has 1 fully saturated rings. The molecule has 0 bridgehead atoms. The van der Waals surface area contributed by atoms with Crippen LogP contribution in [-0.4, -0.2) is 48.9 Å². The molecule has 1 N–H and O–H groups in total. The first-order valence-electron chi connectivity index (χ1n) is 5.74. The third kappa shape index (κ3) is 2.25. The van der Waals surface area contributed by atoms with Crippen molar-refractivity contribution < 1.29 is 0 Å². The lowest BCUT2D eigenvalue weighted by Gasteiger charge is -2.22. The second kappa shape index (κ2) is 4.66. The Morgan fingerprint density at radius 3 is 2.56 bits per heavy atom. The summed E-state index contributed by atoms with van der Waals surface area (Å²) >= 11 is 0. The fourth-order valence-electron chi connectivity index (χ4n) is 2.15. The molecule has 0 aliphatic carbocycles. The summed E-state index contributed by atoms with van der Waals surface area (Å²) in [6, 6.07) is 10.6. The summed E-state index contributed by atoms with van der Waals surface area (Å²) in [6.07, 6.45) is 1.15. The molecule has 16 heavy (non-hydrogen) atoms. The molecule has 1 atom stereocenters. The van der Waals surface area contributed by atoms with Gasteiger partial charge in [-0.2, -0.15) is 0 Å². The highest BCUT2D eigenvalue weighted by molar-refractivity contribution is 5.96. The second-order valence-corrected chi connectivity index (χ2v) is 4.57. The number of hydrogen-bond acceptors (Lipinski definition) is 2. The summed E-state index contributed by atoms with van der Waals surface area (Å²) in [7, 11) is 4.22. The number of nitrogens with one attached hydrogen (secondary N) is 1. The highest BCUT2D eigenvalue weighted by Crippen LogP contribution is 2.16. The van der Waals surface area contributed by atoms with Crippen molar-refractivity contribution in [2.24, 2.45) is 0 Å². The molecule has 0 amide bonds. The minimum Gasteiger partial charge on any atom is -0.355 e. The topological polar surface area (TPSA) is 30.3 Å². The van der Waals surface area contributed by atoms with Crippen LogP contribution in [0.1, 0.15) is 12.0 Å². The monoisotopic (exact) mass is 217 g/mol. The van der Waals surface area contributed by atoms with Crippen LogP contribution in [0.25, 0.3) is 0 Å². The van der Waals surface area contributed by atoms with Crippen LogP contribution >= 0.6 is 0 Å². The van der Waals surface area contributed by atoms with Gasteiger partial charge in [0.15, 0.2) is 0 Å². The van der Waals surface area contributed by atoms with Crippen LogP contribution < -0.4 is 0 Å². The van der Waals surface area contributed by atoms with Gasteiger partial charge in [0, 0.05) is 24.7 Å². The smallest absolute Gasteiger partial charge is 0.128 e. The van der Waals surface area contributed by atoms with E-state index >= 15 is 0 Å². The molecule has 0 spiro atoms. The van der Waals surface area contributed by atoms with E-state index in [0.29, 0.717) is 11.9 Å². The fraction of sp³-hybridized carbons (Fsp3) is 0.462. The van der Waals surface area contributed by atoms with Crippen LogP contribution in [0.5, 0.6) is 0 Å². The molecular weight excluding hydrogens is 198 g/mol. The number of amidine groups is 1. The lowest BCUT2D eigenvalue weighted by molar-refractivity contribution is 0.301. The van der Waals surface area contributed by atoms with E-state index in [4.69, 9.17) is 5.41 Å². The van der Waals surface area contributed by atoms with Crippen LogP contribution in [0.3, 0.4) is 0 Å². The highest BCUT2D eigenvalue weighted by Gasteiger charge is 2.25. The van der Waals surface area contributed by atoms with Gasteiger partial charge in [0.2, 0.25) is 0 Å². The summed E-state index contributed by atoms with van der Waals surface area (Å²) in [6.45, 7) is 1.97. The summed E-state index contributed by atoms with van der Waals surface area (Å²) in [4.78, 5) is 4.41. The van der Waals surface area contributed by atoms with E-state index in [1.165, 1.54) is 0 Å². The Labute approximate surface area is 97.2 Å². The van der Waals surface area contributed by atoms with Crippen LogP contribution in [0.2, 0.25) is 0 Å². The molecule has 1 saturated heterocycles. The predicted octanol–water partition coefficient (Wildman–Crippen LogP) is 1.65. The zero-order valence-corrected chi connectivity index (χ0v) is 9.98. The Hall–Kier alpha value is -1.35. The molecule has 3 nitrogen and oxygen atoms in total. The third-order valence-electron chi connectivity index (χ3n) is 3.26. The van der Waals surface area contributed by atoms with E-state index in [1.807, 2.05) is 30.3 Å². The van der Waals surface area contributed by atoms with Gasteiger partial charge in [-0.3, -0.25) is 5.41 Å². The lowest BCUT2D eigenvalue weighted by Crippen LogP contribution is -2.34. The van der Waals surface area contributed by atoms with Gasteiger partial charge in [-0.1, -0.05) is 30.3 Å². The number of benzene rings is 1. The minimum atomic E-state index is 0.587. The Bertz CT molecular complexity index is 359. The van der Waals surface area contributed by atoms with Crippen molar-refractivity contribution in [3.8, 4) is 0 Å². The van der Waals surface area contributed by atoms with Crippen molar-refractivity contribution in [1.82, 2.24) is 9.80 Å². The fourth-order valence-corrected chi connectivity index (χ4v) is 2.15. The van der Waals surface area contributed by atoms with Gasteiger partial charge in [-0.25, -0.2) is 0 Å². The summed E-state index contributed by atoms with van der Waals surface area (Å²) in [5.74, 6) is 0.657. The van der Waals surface area contributed by atoms with Crippen LogP contribution in [0.15, 0.2) is 30.3 Å². The van der Waals surface area contributed by atoms with Gasteiger partial charge < -0.3 is 9.80 Å². The molecule has 0 saturated carbocycles. The normalized spacial score (nSPS) is 20.4. The molecule has 1 unspecified atom stereocenters. The molecule has 2 rings (SSSR count). The minimum absolute atomic E-state index is 0.587. The number of likely N-dealkylation sites (tertiary alicyclic amines) is 1. The Kier molecular flexibility index (Phi) is 3.25. The Morgan fingerprint density at radius 2 is 2.00 bits per heavy atom. The number of nitrogens with zero attached hydrogens (tertiary/aromatic N) is 2. The van der Waals surface area contributed by atoms with Crippen molar-refractivity contribution in [2.75, 3.05) is 27.2 Å². The first-order chi connectivity index (χ1) is 7.68. The van der Waals surface area contributed by atoms with E-state index in [2.05, 4.69) is 23.9 Å². The van der Waals surface area contributed by atoms with E-state index in [1.54, 1.807) is 0 Å². The zero-order chi connectivity index (χ0) is 11.5. The van der Waals surface area contributed by atoms with Gasteiger partial charge in [0.25, 0.3) is 0 Å².